The molecule has 0 bridgehead atoms. The number of hydrogen-bond donors (Lipinski definition) is 0. The molecule has 1 aliphatic heterocycles. The van der Waals surface area contributed by atoms with Crippen LogP contribution in [0, 0.1) is 0 Å². The van der Waals surface area contributed by atoms with E-state index in [9.17, 15) is 0 Å². The molecule has 15 heavy (non-hydrogen) atoms. The smallest absolute Gasteiger partial charge is 0.0491 e. The van der Waals surface area contributed by atoms with Crippen LogP contribution in [-0.4, -0.2) is 5.71 Å². The minimum Gasteiger partial charge on any atom is -0.216 e. The quantitative estimate of drug-likeness (QED) is 0.685. The van der Waals surface area contributed by atoms with Crippen LogP contribution in [0.25, 0.3) is 6.08 Å². The van der Waals surface area contributed by atoms with Crippen LogP contribution < -0.4 is 0 Å². The number of nitrogens with zero attached hydrogens (tertiary/aromatic N) is 1. The number of hydrogen-bond acceptors (Lipinski definition) is 2. The van der Waals surface area contributed by atoms with E-state index in [1.165, 1.54) is 29.0 Å². The van der Waals surface area contributed by atoms with Gasteiger partial charge >= 0.3 is 0 Å². The van der Waals surface area contributed by atoms with E-state index in [-0.39, 0.29) is 0 Å². The number of unbranched alkanes of at least 4 members (excludes halogenated alkanes) is 1. The third-order valence-electron chi connectivity index (χ3n) is 2.42. The van der Waals surface area contributed by atoms with Gasteiger partial charge in [-0.1, -0.05) is 37.6 Å². The Balaban J connectivity index is 2.15. The molecule has 0 unspecified atom stereocenters. The topological polar surface area (TPSA) is 12.4 Å². The molecule has 0 radical (unpaired) electrons. The Bertz CT molecular complexity index is 393. The van der Waals surface area contributed by atoms with E-state index < -0.39 is 0 Å². The first-order valence-corrected chi connectivity index (χ1v) is 6.18. The maximum absolute atomic E-state index is 4.55. The van der Waals surface area contributed by atoms with Crippen LogP contribution in [0.5, 0.6) is 0 Å². The standard InChI is InChI=1S/C13H15NS/c1-2-3-7-12-10-9-11-6-4-5-8-13(11)15-14-12/h4-6,8-10H,2-3,7H2,1H3. The molecule has 1 aromatic rings. The Morgan fingerprint density at radius 1 is 1.20 bits per heavy atom. The molecule has 0 atom stereocenters. The number of rotatable bonds is 3. The summed E-state index contributed by atoms with van der Waals surface area (Å²) in [5.74, 6) is 0. The predicted molar refractivity (Wildman–Crippen MR) is 68.3 cm³/mol. The summed E-state index contributed by atoms with van der Waals surface area (Å²) in [5, 5.41) is 0. The molecule has 1 heterocycles. The van der Waals surface area contributed by atoms with Gasteiger partial charge in [-0.25, -0.2) is 4.40 Å². The van der Waals surface area contributed by atoms with Crippen LogP contribution in [0.2, 0.25) is 0 Å². The van der Waals surface area contributed by atoms with Crippen molar-refractivity contribution < 1.29 is 0 Å². The summed E-state index contributed by atoms with van der Waals surface area (Å²) < 4.78 is 4.55. The Labute approximate surface area is 95.4 Å². The van der Waals surface area contributed by atoms with Crippen molar-refractivity contribution in [3.63, 3.8) is 0 Å². The second-order valence-corrected chi connectivity index (χ2v) is 4.45. The summed E-state index contributed by atoms with van der Waals surface area (Å²) in [6.45, 7) is 2.21. The molecule has 0 spiro atoms. The van der Waals surface area contributed by atoms with Gasteiger partial charge in [0.25, 0.3) is 0 Å². The van der Waals surface area contributed by atoms with Gasteiger partial charge < -0.3 is 0 Å². The zero-order valence-electron chi connectivity index (χ0n) is 8.94. The third kappa shape index (κ3) is 2.72. The van der Waals surface area contributed by atoms with Crippen LogP contribution >= 0.6 is 11.9 Å². The molecule has 2 rings (SSSR count). The van der Waals surface area contributed by atoms with Gasteiger partial charge in [0.15, 0.2) is 0 Å². The van der Waals surface area contributed by atoms with E-state index in [0.717, 1.165) is 6.42 Å². The second-order valence-electron chi connectivity index (χ2n) is 3.65. The van der Waals surface area contributed by atoms with Gasteiger partial charge in [-0.15, -0.1) is 0 Å². The molecule has 1 aromatic carbocycles. The number of fused-ring (bicyclic) bond motifs is 1. The van der Waals surface area contributed by atoms with E-state index in [4.69, 9.17) is 0 Å². The van der Waals surface area contributed by atoms with Gasteiger partial charge in [0.1, 0.15) is 0 Å². The van der Waals surface area contributed by atoms with Crippen LogP contribution in [0.4, 0.5) is 0 Å². The maximum atomic E-state index is 4.55. The molecule has 1 aliphatic rings. The average molecular weight is 217 g/mol. The number of benzene rings is 1. The van der Waals surface area contributed by atoms with Gasteiger partial charge in [-0.3, -0.25) is 0 Å². The van der Waals surface area contributed by atoms with Crippen molar-refractivity contribution in [2.75, 3.05) is 0 Å². The van der Waals surface area contributed by atoms with Gasteiger partial charge in [0.05, 0.1) is 0 Å². The van der Waals surface area contributed by atoms with Crippen molar-refractivity contribution in [2.24, 2.45) is 4.40 Å². The first-order chi connectivity index (χ1) is 7.40. The summed E-state index contributed by atoms with van der Waals surface area (Å²) >= 11 is 1.59. The Hall–Kier alpha value is -1.02. The van der Waals surface area contributed by atoms with Gasteiger partial charge in [0.2, 0.25) is 0 Å². The molecule has 0 saturated heterocycles. The molecular formula is C13H15NS. The first-order valence-electron chi connectivity index (χ1n) is 5.41. The molecule has 1 nitrogen and oxygen atoms in total. The molecule has 0 aromatic heterocycles. The zero-order chi connectivity index (χ0) is 10.5. The molecule has 0 amide bonds. The SMILES string of the molecule is CCCCC1=NSc2ccccc2C=C1. The Morgan fingerprint density at radius 2 is 2.07 bits per heavy atom. The highest BCUT2D eigenvalue weighted by atomic mass is 32.2. The summed E-state index contributed by atoms with van der Waals surface area (Å²) in [7, 11) is 0. The lowest BCUT2D eigenvalue weighted by atomic mass is 10.1. The van der Waals surface area contributed by atoms with E-state index in [2.05, 4.69) is 47.7 Å². The molecule has 0 fully saturated rings. The van der Waals surface area contributed by atoms with Crippen molar-refractivity contribution in [1.29, 1.82) is 0 Å². The van der Waals surface area contributed by atoms with Crippen LogP contribution in [-0.2, 0) is 0 Å². The molecule has 0 saturated carbocycles. The fourth-order valence-electron chi connectivity index (χ4n) is 1.51. The highest BCUT2D eigenvalue weighted by Gasteiger charge is 2.04. The molecule has 78 valence electrons. The van der Waals surface area contributed by atoms with E-state index in [0.29, 0.717) is 0 Å². The van der Waals surface area contributed by atoms with E-state index in [1.807, 2.05) is 0 Å². The zero-order valence-corrected chi connectivity index (χ0v) is 9.76. The summed E-state index contributed by atoms with van der Waals surface area (Å²) in [5.41, 5.74) is 2.48. The van der Waals surface area contributed by atoms with Crippen LogP contribution in [0.3, 0.4) is 0 Å². The Kier molecular flexibility index (Phi) is 3.62. The third-order valence-corrected chi connectivity index (χ3v) is 3.32. The Morgan fingerprint density at radius 3 is 2.93 bits per heavy atom. The van der Waals surface area contributed by atoms with Crippen LogP contribution in [0.1, 0.15) is 31.7 Å². The lowest BCUT2D eigenvalue weighted by Gasteiger charge is -1.98. The van der Waals surface area contributed by atoms with Crippen molar-refractivity contribution in [3.05, 3.63) is 35.9 Å². The summed E-state index contributed by atoms with van der Waals surface area (Å²) in [6.07, 6.45) is 7.86. The molecule has 2 heteroatoms. The van der Waals surface area contributed by atoms with Gasteiger partial charge in [-0.2, -0.15) is 0 Å². The minimum absolute atomic E-state index is 1.09. The average Bonchev–Trinajstić information content (AvgIpc) is 2.49. The largest absolute Gasteiger partial charge is 0.216 e. The van der Waals surface area contributed by atoms with Crippen molar-refractivity contribution in [2.45, 2.75) is 31.1 Å². The monoisotopic (exact) mass is 217 g/mol. The van der Waals surface area contributed by atoms with Crippen molar-refractivity contribution in [1.82, 2.24) is 0 Å². The fourth-order valence-corrected chi connectivity index (χ4v) is 2.26. The molecular weight excluding hydrogens is 202 g/mol. The molecule has 0 N–H and O–H groups in total. The normalized spacial score (nSPS) is 14.3. The lowest BCUT2D eigenvalue weighted by molar-refractivity contribution is 0.838. The van der Waals surface area contributed by atoms with E-state index >= 15 is 0 Å². The maximum Gasteiger partial charge on any atom is 0.0491 e. The fraction of sp³-hybridized carbons (Fsp3) is 0.308. The van der Waals surface area contributed by atoms with Crippen molar-refractivity contribution in [3.8, 4) is 0 Å². The van der Waals surface area contributed by atoms with E-state index in [1.54, 1.807) is 11.9 Å². The highest BCUT2D eigenvalue weighted by Crippen LogP contribution is 2.27. The van der Waals surface area contributed by atoms with Crippen LogP contribution in [0.15, 0.2) is 39.6 Å². The summed E-state index contributed by atoms with van der Waals surface area (Å²) in [6, 6.07) is 8.39. The minimum atomic E-state index is 1.09. The second kappa shape index (κ2) is 5.17. The summed E-state index contributed by atoms with van der Waals surface area (Å²) in [4.78, 5) is 1.25. The first kappa shape index (κ1) is 10.5. The highest BCUT2D eigenvalue weighted by molar-refractivity contribution is 7.98. The van der Waals surface area contributed by atoms with Gasteiger partial charge in [-0.05, 0) is 30.5 Å². The number of allylic oxidation sites excluding steroid dienone is 1. The van der Waals surface area contributed by atoms with Crippen molar-refractivity contribution >= 4 is 23.7 Å². The van der Waals surface area contributed by atoms with Gasteiger partial charge in [0, 0.05) is 22.6 Å². The lowest BCUT2D eigenvalue weighted by Crippen LogP contribution is -1.90. The molecule has 0 aliphatic carbocycles. The predicted octanol–water partition coefficient (Wildman–Crippen LogP) is 4.35.